The van der Waals surface area contributed by atoms with Gasteiger partial charge in [-0.15, -0.1) is 11.3 Å². The maximum atomic E-state index is 12.3. The standard InChI is InChI=1S/C18H19NOS/c1-3-16-11-19-18(21-16)10-15(20)9-14-6-5-13-8-12(2)4-7-17(13)14/h4,6-8,11H,3,5,9-10H2,1-2H3. The van der Waals surface area contributed by atoms with Crippen LogP contribution in [-0.2, 0) is 24.1 Å². The van der Waals surface area contributed by atoms with Crippen LogP contribution >= 0.6 is 11.3 Å². The number of thiazole rings is 1. The number of Topliss-reactive ketones (excluding diaryl/α,β-unsaturated/α-hetero) is 1. The summed E-state index contributed by atoms with van der Waals surface area (Å²) >= 11 is 1.66. The SMILES string of the molecule is CCc1cnc(CC(=O)CC2=CCc3cc(C)ccc32)s1. The van der Waals surface area contributed by atoms with Crippen molar-refractivity contribution in [3.63, 3.8) is 0 Å². The van der Waals surface area contributed by atoms with Crippen LogP contribution in [0.25, 0.3) is 5.57 Å². The highest BCUT2D eigenvalue weighted by molar-refractivity contribution is 7.11. The average molecular weight is 297 g/mol. The van der Waals surface area contributed by atoms with E-state index in [1.807, 2.05) is 6.20 Å². The highest BCUT2D eigenvalue weighted by Gasteiger charge is 2.17. The molecule has 0 saturated carbocycles. The highest BCUT2D eigenvalue weighted by Crippen LogP contribution is 2.31. The minimum atomic E-state index is 0.256. The molecular weight excluding hydrogens is 278 g/mol. The van der Waals surface area contributed by atoms with E-state index in [0.717, 1.165) is 17.8 Å². The van der Waals surface area contributed by atoms with Crippen molar-refractivity contribution in [2.75, 3.05) is 0 Å². The average Bonchev–Trinajstić information content (AvgIpc) is 3.06. The van der Waals surface area contributed by atoms with Crippen LogP contribution in [0.2, 0.25) is 0 Å². The third kappa shape index (κ3) is 3.13. The molecule has 0 N–H and O–H groups in total. The molecule has 0 unspecified atom stereocenters. The third-order valence-corrected chi connectivity index (χ3v) is 5.00. The number of aryl methyl sites for hydroxylation is 2. The molecular formula is C18H19NOS. The molecule has 0 atom stereocenters. The summed E-state index contributed by atoms with van der Waals surface area (Å²) in [6.45, 7) is 4.22. The Morgan fingerprint density at radius 2 is 2.19 bits per heavy atom. The summed E-state index contributed by atoms with van der Waals surface area (Å²) in [5.41, 5.74) is 5.06. The zero-order valence-electron chi connectivity index (χ0n) is 12.5. The van der Waals surface area contributed by atoms with E-state index in [0.29, 0.717) is 12.8 Å². The number of hydrogen-bond donors (Lipinski definition) is 0. The first-order valence-electron chi connectivity index (χ1n) is 7.40. The fourth-order valence-corrected chi connectivity index (χ4v) is 3.64. The number of allylic oxidation sites excluding steroid dienone is 2. The van der Waals surface area contributed by atoms with Crippen LogP contribution in [0.3, 0.4) is 0 Å². The molecule has 3 rings (SSSR count). The number of nitrogens with zero attached hydrogens (tertiary/aromatic N) is 1. The lowest BCUT2D eigenvalue weighted by Crippen LogP contribution is -2.03. The molecule has 21 heavy (non-hydrogen) atoms. The third-order valence-electron chi connectivity index (χ3n) is 3.86. The number of rotatable bonds is 5. The van der Waals surface area contributed by atoms with Crippen LogP contribution in [-0.4, -0.2) is 10.8 Å². The van der Waals surface area contributed by atoms with E-state index >= 15 is 0 Å². The Morgan fingerprint density at radius 3 is 2.95 bits per heavy atom. The van der Waals surface area contributed by atoms with Gasteiger partial charge < -0.3 is 0 Å². The quantitative estimate of drug-likeness (QED) is 0.829. The second-order valence-electron chi connectivity index (χ2n) is 5.56. The minimum absolute atomic E-state index is 0.256. The number of ketones is 1. The number of fused-ring (bicyclic) bond motifs is 1. The van der Waals surface area contributed by atoms with E-state index in [9.17, 15) is 4.79 Å². The summed E-state index contributed by atoms with van der Waals surface area (Å²) < 4.78 is 0. The van der Waals surface area contributed by atoms with Crippen LogP contribution in [0.15, 0.2) is 30.5 Å². The summed E-state index contributed by atoms with van der Waals surface area (Å²) in [7, 11) is 0. The number of carbonyl (C=O) groups excluding carboxylic acids is 1. The molecule has 0 fully saturated rings. The van der Waals surface area contributed by atoms with Crippen LogP contribution in [0.1, 0.15) is 39.9 Å². The Morgan fingerprint density at radius 1 is 1.33 bits per heavy atom. The minimum Gasteiger partial charge on any atom is -0.299 e. The van der Waals surface area contributed by atoms with Gasteiger partial charge in [0, 0.05) is 17.5 Å². The number of hydrogen-bond acceptors (Lipinski definition) is 3. The molecule has 0 saturated heterocycles. The van der Waals surface area contributed by atoms with Crippen LogP contribution in [0, 0.1) is 6.92 Å². The Balaban J connectivity index is 1.67. The molecule has 1 aromatic carbocycles. The summed E-state index contributed by atoms with van der Waals surface area (Å²) in [6, 6.07) is 6.49. The lowest BCUT2D eigenvalue weighted by Gasteiger charge is -2.05. The van der Waals surface area contributed by atoms with Gasteiger partial charge in [-0.2, -0.15) is 0 Å². The van der Waals surface area contributed by atoms with Crippen molar-refractivity contribution in [2.24, 2.45) is 0 Å². The van der Waals surface area contributed by atoms with E-state index in [1.165, 1.54) is 27.1 Å². The van der Waals surface area contributed by atoms with Gasteiger partial charge in [0.15, 0.2) is 0 Å². The number of carbonyl (C=O) groups is 1. The lowest BCUT2D eigenvalue weighted by molar-refractivity contribution is -0.117. The topological polar surface area (TPSA) is 30.0 Å². The molecule has 1 aromatic heterocycles. The van der Waals surface area contributed by atoms with Crippen molar-refractivity contribution in [1.82, 2.24) is 4.98 Å². The first kappa shape index (κ1) is 14.2. The highest BCUT2D eigenvalue weighted by atomic mass is 32.1. The number of aromatic nitrogens is 1. The molecule has 0 bridgehead atoms. The Bertz CT molecular complexity index is 712. The van der Waals surface area contributed by atoms with E-state index in [-0.39, 0.29) is 5.78 Å². The first-order valence-corrected chi connectivity index (χ1v) is 8.21. The summed E-state index contributed by atoms with van der Waals surface area (Å²) in [5.74, 6) is 0.256. The molecule has 0 aliphatic heterocycles. The van der Waals surface area contributed by atoms with Gasteiger partial charge >= 0.3 is 0 Å². The predicted molar refractivity (Wildman–Crippen MR) is 87.7 cm³/mol. The molecule has 0 radical (unpaired) electrons. The molecule has 1 aliphatic rings. The second kappa shape index (κ2) is 5.94. The fraction of sp³-hybridized carbons (Fsp3) is 0.333. The van der Waals surface area contributed by atoms with Crippen LogP contribution in [0.4, 0.5) is 0 Å². The van der Waals surface area contributed by atoms with Crippen molar-refractivity contribution in [2.45, 2.75) is 39.5 Å². The van der Waals surface area contributed by atoms with E-state index in [1.54, 1.807) is 11.3 Å². The summed E-state index contributed by atoms with van der Waals surface area (Å²) in [4.78, 5) is 17.9. The fourth-order valence-electron chi connectivity index (χ4n) is 2.75. The molecule has 0 spiro atoms. The van der Waals surface area contributed by atoms with Gasteiger partial charge in [0.05, 0.1) is 6.42 Å². The van der Waals surface area contributed by atoms with Gasteiger partial charge in [-0.3, -0.25) is 4.79 Å². The summed E-state index contributed by atoms with van der Waals surface area (Å²) in [6.07, 6.45) is 7.02. The zero-order valence-corrected chi connectivity index (χ0v) is 13.3. The monoisotopic (exact) mass is 297 g/mol. The lowest BCUT2D eigenvalue weighted by atomic mass is 9.99. The van der Waals surface area contributed by atoms with Gasteiger partial charge in [0.1, 0.15) is 10.8 Å². The molecule has 0 amide bonds. The second-order valence-corrected chi connectivity index (χ2v) is 6.76. The molecule has 1 heterocycles. The van der Waals surface area contributed by atoms with Gasteiger partial charge in [-0.1, -0.05) is 36.8 Å². The van der Waals surface area contributed by atoms with Crippen molar-refractivity contribution in [3.8, 4) is 0 Å². The van der Waals surface area contributed by atoms with Gasteiger partial charge in [-0.05, 0) is 36.5 Å². The van der Waals surface area contributed by atoms with Crippen molar-refractivity contribution >= 4 is 22.7 Å². The smallest absolute Gasteiger partial charge is 0.144 e. The number of benzene rings is 1. The summed E-state index contributed by atoms with van der Waals surface area (Å²) in [5, 5.41) is 0.944. The molecule has 108 valence electrons. The Kier molecular flexibility index (Phi) is 4.02. The van der Waals surface area contributed by atoms with Gasteiger partial charge in [0.2, 0.25) is 0 Å². The van der Waals surface area contributed by atoms with Crippen LogP contribution in [0.5, 0.6) is 0 Å². The van der Waals surface area contributed by atoms with Crippen molar-refractivity contribution < 1.29 is 4.79 Å². The molecule has 2 nitrogen and oxygen atoms in total. The molecule has 2 aromatic rings. The molecule has 1 aliphatic carbocycles. The largest absolute Gasteiger partial charge is 0.299 e. The maximum Gasteiger partial charge on any atom is 0.144 e. The van der Waals surface area contributed by atoms with Crippen LogP contribution < -0.4 is 0 Å². The zero-order chi connectivity index (χ0) is 14.8. The van der Waals surface area contributed by atoms with E-state index in [2.05, 4.69) is 43.1 Å². The Hall–Kier alpha value is -1.74. The first-order chi connectivity index (χ1) is 10.2. The predicted octanol–water partition coefficient (Wildman–Crippen LogP) is 4.16. The van der Waals surface area contributed by atoms with Crippen molar-refractivity contribution in [1.29, 1.82) is 0 Å². The molecule has 3 heteroatoms. The normalized spacial score (nSPS) is 13.1. The Labute approximate surface area is 129 Å². The van der Waals surface area contributed by atoms with Gasteiger partial charge in [-0.25, -0.2) is 4.98 Å². The van der Waals surface area contributed by atoms with E-state index < -0.39 is 0 Å². The van der Waals surface area contributed by atoms with E-state index in [4.69, 9.17) is 0 Å². The van der Waals surface area contributed by atoms with Crippen molar-refractivity contribution in [3.05, 3.63) is 57.0 Å². The maximum absolute atomic E-state index is 12.3. The van der Waals surface area contributed by atoms with Gasteiger partial charge in [0.25, 0.3) is 0 Å².